The maximum Gasteiger partial charge on any atom is 0.318 e. The van der Waals surface area contributed by atoms with Crippen molar-refractivity contribution in [2.24, 2.45) is 0 Å². The summed E-state index contributed by atoms with van der Waals surface area (Å²) in [5.74, 6) is 1.01. The Balaban J connectivity index is 1.38. The molecule has 6 rings (SSSR count). The van der Waals surface area contributed by atoms with Crippen molar-refractivity contribution in [3.8, 4) is 17.5 Å². The Bertz CT molecular complexity index is 1620. The number of fused-ring (bicyclic) bond motifs is 1. The quantitative estimate of drug-likeness (QED) is 0.145. The van der Waals surface area contributed by atoms with Crippen LogP contribution >= 0.6 is 0 Å². The Morgan fingerprint density at radius 2 is 1.41 bits per heavy atom. The van der Waals surface area contributed by atoms with Crippen molar-refractivity contribution in [1.29, 1.82) is 0 Å². The van der Waals surface area contributed by atoms with Gasteiger partial charge in [-0.2, -0.15) is 9.97 Å². The number of likely N-dealkylation sites (tertiary alicyclic amines) is 1. The van der Waals surface area contributed by atoms with Crippen LogP contribution in [0.3, 0.4) is 0 Å². The van der Waals surface area contributed by atoms with E-state index in [4.69, 9.17) is 24.2 Å². The molecule has 1 fully saturated rings. The zero-order chi connectivity index (χ0) is 34.2. The zero-order valence-electron chi connectivity index (χ0n) is 28.7. The van der Waals surface area contributed by atoms with Crippen LogP contribution < -0.4 is 24.4 Å². The second-order valence-corrected chi connectivity index (χ2v) is 12.9. The molecule has 3 heterocycles. The Morgan fingerprint density at radius 3 is 1.98 bits per heavy atom. The summed E-state index contributed by atoms with van der Waals surface area (Å²) in [6.07, 6.45) is 3.48. The van der Waals surface area contributed by atoms with Gasteiger partial charge in [0.2, 0.25) is 0 Å². The number of nitrogens with one attached hydrogen (secondary N) is 1. The van der Waals surface area contributed by atoms with Crippen molar-refractivity contribution < 1.29 is 24.1 Å². The van der Waals surface area contributed by atoms with Crippen LogP contribution in [0.15, 0.2) is 72.8 Å². The van der Waals surface area contributed by atoms with Gasteiger partial charge in [0.1, 0.15) is 23.3 Å². The van der Waals surface area contributed by atoms with Crippen LogP contribution in [-0.4, -0.2) is 65.9 Å². The fraction of sp³-hybridized carbons (Fsp3) is 0.410. The number of aromatic nitrogens is 2. The number of aliphatic hydroxyl groups is 1. The minimum absolute atomic E-state index is 0.228. The highest BCUT2D eigenvalue weighted by atomic mass is 16.5. The summed E-state index contributed by atoms with van der Waals surface area (Å²) in [6, 6.07) is 24.5. The number of unbranched alkanes of at least 4 members (excludes halogenated alkanes) is 1. The number of hydrogen-bond donors (Lipinski definition) is 2. The number of carbonyl (C=O) groups is 1. The summed E-state index contributed by atoms with van der Waals surface area (Å²) >= 11 is 0. The highest BCUT2D eigenvalue weighted by Gasteiger charge is 2.39. The van der Waals surface area contributed by atoms with E-state index in [-0.39, 0.29) is 6.01 Å². The van der Waals surface area contributed by atoms with Crippen LogP contribution in [0.1, 0.15) is 66.5 Å². The molecule has 0 spiro atoms. The van der Waals surface area contributed by atoms with Crippen molar-refractivity contribution in [3.63, 3.8) is 0 Å². The number of anilines is 2. The number of benzene rings is 3. The number of carbonyl (C=O) groups excluding carboxylic acids is 1. The lowest BCUT2D eigenvalue weighted by atomic mass is 9.86. The first-order chi connectivity index (χ1) is 23.9. The van der Waals surface area contributed by atoms with E-state index in [1.807, 2.05) is 48.5 Å². The monoisotopic (exact) mass is 665 g/mol. The summed E-state index contributed by atoms with van der Waals surface area (Å²) in [6.45, 7) is 6.74. The third-order valence-corrected chi connectivity index (χ3v) is 9.32. The van der Waals surface area contributed by atoms with E-state index in [1.54, 1.807) is 14.2 Å². The molecule has 2 N–H and O–H groups in total. The van der Waals surface area contributed by atoms with Gasteiger partial charge in [-0.15, -0.1) is 0 Å². The first-order valence-corrected chi connectivity index (χ1v) is 17.3. The van der Waals surface area contributed by atoms with Crippen molar-refractivity contribution in [3.05, 3.63) is 101 Å². The molecule has 3 aromatic carbocycles. The third kappa shape index (κ3) is 8.50. The molecule has 10 heteroatoms. The fourth-order valence-corrected chi connectivity index (χ4v) is 6.51. The minimum Gasteiger partial charge on any atom is -0.497 e. The molecular formula is C39H47N5O5. The molecule has 0 radical (unpaired) electrons. The van der Waals surface area contributed by atoms with Crippen molar-refractivity contribution in [2.45, 2.75) is 70.7 Å². The van der Waals surface area contributed by atoms with E-state index in [0.717, 1.165) is 60.7 Å². The average molecular weight is 666 g/mol. The first-order valence-electron chi connectivity index (χ1n) is 17.3. The van der Waals surface area contributed by atoms with Crippen LogP contribution in [0.4, 0.5) is 11.5 Å². The maximum atomic E-state index is 13.4. The number of nitrogens with zero attached hydrogens (tertiary/aromatic N) is 4. The predicted octanol–water partition coefficient (Wildman–Crippen LogP) is 6.11. The van der Waals surface area contributed by atoms with Gasteiger partial charge in [0, 0.05) is 25.6 Å². The van der Waals surface area contributed by atoms with E-state index in [0.29, 0.717) is 43.3 Å². The lowest BCUT2D eigenvalue weighted by Gasteiger charge is -2.33. The van der Waals surface area contributed by atoms with E-state index >= 15 is 0 Å². The summed E-state index contributed by atoms with van der Waals surface area (Å²) in [7, 11) is 3.30. The van der Waals surface area contributed by atoms with Crippen molar-refractivity contribution in [2.75, 3.05) is 44.1 Å². The van der Waals surface area contributed by atoms with Gasteiger partial charge < -0.3 is 29.5 Å². The summed E-state index contributed by atoms with van der Waals surface area (Å²) < 4.78 is 16.9. The number of aliphatic hydroxyl groups excluding tert-OH is 1. The second kappa shape index (κ2) is 16.2. The largest absolute Gasteiger partial charge is 0.497 e. The predicted molar refractivity (Wildman–Crippen MR) is 190 cm³/mol. The standard InChI is InChI=1S/C39H47N5O5/c1-4-5-22-49-39-41-34-33(23-27-8-10-28(11-9-27)24-43-20-6-7-21-43)36(45)38(46)40-35(34)37(42-39)44(25-29-12-16-31(47-2)17-13-29)26-30-14-18-32(48-3)19-15-30/h8-19,33,36,45H,4-7,20-26H2,1-3H3,(H,40,46). The zero-order valence-corrected chi connectivity index (χ0v) is 28.7. The molecule has 10 nitrogen and oxygen atoms in total. The van der Waals surface area contributed by atoms with Gasteiger partial charge in [-0.1, -0.05) is 61.9 Å². The summed E-state index contributed by atoms with van der Waals surface area (Å²) in [4.78, 5) is 27.8. The van der Waals surface area contributed by atoms with Gasteiger partial charge in [0.15, 0.2) is 5.82 Å². The van der Waals surface area contributed by atoms with Crippen LogP contribution in [0, 0.1) is 0 Å². The van der Waals surface area contributed by atoms with Gasteiger partial charge in [-0.3, -0.25) is 9.69 Å². The van der Waals surface area contributed by atoms with Crippen LogP contribution in [0.5, 0.6) is 17.5 Å². The molecule has 2 unspecified atom stereocenters. The number of hydrogen-bond acceptors (Lipinski definition) is 9. The Hall–Kier alpha value is -4.67. The maximum absolute atomic E-state index is 13.4. The molecule has 0 bridgehead atoms. The van der Waals surface area contributed by atoms with E-state index in [2.05, 4.69) is 46.3 Å². The highest BCUT2D eigenvalue weighted by molar-refractivity contribution is 6.00. The molecule has 49 heavy (non-hydrogen) atoms. The van der Waals surface area contributed by atoms with Gasteiger partial charge in [-0.05, 0) is 85.3 Å². The fourth-order valence-electron chi connectivity index (χ4n) is 6.51. The van der Waals surface area contributed by atoms with E-state index in [9.17, 15) is 9.90 Å². The van der Waals surface area contributed by atoms with Gasteiger partial charge in [0.25, 0.3) is 5.91 Å². The van der Waals surface area contributed by atoms with Gasteiger partial charge in [-0.25, -0.2) is 0 Å². The lowest BCUT2D eigenvalue weighted by molar-refractivity contribution is -0.125. The Kier molecular flexibility index (Phi) is 11.3. The Labute approximate surface area is 289 Å². The second-order valence-electron chi connectivity index (χ2n) is 12.9. The SMILES string of the molecule is CCCCOc1nc2c(c(N(Cc3ccc(OC)cc3)Cc3ccc(OC)cc3)n1)NC(=O)C(O)C2Cc1ccc(CN2CCCC2)cc1. The summed E-state index contributed by atoms with van der Waals surface area (Å²) in [5, 5.41) is 14.3. The smallest absolute Gasteiger partial charge is 0.318 e. The lowest BCUT2D eigenvalue weighted by Crippen LogP contribution is -2.41. The van der Waals surface area contributed by atoms with E-state index in [1.165, 1.54) is 18.4 Å². The average Bonchev–Trinajstić information content (AvgIpc) is 3.64. The highest BCUT2D eigenvalue weighted by Crippen LogP contribution is 2.41. The third-order valence-electron chi connectivity index (χ3n) is 9.32. The molecule has 1 aromatic heterocycles. The number of methoxy groups -OCH3 is 2. The van der Waals surface area contributed by atoms with Crippen molar-refractivity contribution in [1.82, 2.24) is 14.9 Å². The topological polar surface area (TPSA) is 109 Å². The van der Waals surface area contributed by atoms with Gasteiger partial charge in [0.05, 0.1) is 26.5 Å². The van der Waals surface area contributed by atoms with Gasteiger partial charge >= 0.3 is 6.01 Å². The molecule has 2 atom stereocenters. The number of rotatable bonds is 15. The molecule has 1 saturated heterocycles. The number of amides is 1. The van der Waals surface area contributed by atoms with Crippen molar-refractivity contribution >= 4 is 17.4 Å². The van der Waals surface area contributed by atoms with E-state index < -0.39 is 17.9 Å². The molecular weight excluding hydrogens is 618 g/mol. The molecule has 1 amide bonds. The molecule has 4 aromatic rings. The molecule has 258 valence electrons. The normalized spacial score (nSPS) is 17.3. The summed E-state index contributed by atoms with van der Waals surface area (Å²) in [5.41, 5.74) is 5.41. The number of ether oxygens (including phenoxy) is 3. The molecule has 2 aliphatic heterocycles. The van der Waals surface area contributed by atoms with Crippen LogP contribution in [0.2, 0.25) is 0 Å². The molecule has 0 saturated carbocycles. The molecule has 2 aliphatic rings. The van der Waals surface area contributed by atoms with Crippen LogP contribution in [0.25, 0.3) is 0 Å². The Morgan fingerprint density at radius 1 is 0.837 bits per heavy atom. The first kappa shape index (κ1) is 34.2. The molecule has 0 aliphatic carbocycles. The van der Waals surface area contributed by atoms with Crippen LogP contribution in [-0.2, 0) is 30.8 Å². The minimum atomic E-state index is -1.28.